The molecule has 0 spiro atoms. The summed E-state index contributed by atoms with van der Waals surface area (Å²) >= 11 is 0.979. The summed E-state index contributed by atoms with van der Waals surface area (Å²) < 4.78 is 0. The molecule has 1 amide bonds. The Bertz CT molecular complexity index is 1270. The van der Waals surface area contributed by atoms with E-state index < -0.39 is 5.54 Å². The van der Waals surface area contributed by atoms with Crippen LogP contribution in [-0.4, -0.2) is 65.6 Å². The summed E-state index contributed by atoms with van der Waals surface area (Å²) in [5.74, 6) is -1.01. The average Bonchev–Trinajstić information content (AvgIpc) is 3.50. The molecule has 1 aromatic carbocycles. The third-order valence-electron chi connectivity index (χ3n) is 6.94. The number of amides is 1. The molecular weight excluding hydrogens is 450 g/mol. The van der Waals surface area contributed by atoms with E-state index in [1.807, 2.05) is 0 Å². The number of ketones is 2. The first kappa shape index (κ1) is 21.1. The van der Waals surface area contributed by atoms with Crippen molar-refractivity contribution in [2.24, 2.45) is 0 Å². The van der Waals surface area contributed by atoms with E-state index in [-0.39, 0.29) is 38.6 Å². The highest BCUT2D eigenvalue weighted by Gasteiger charge is 2.46. The van der Waals surface area contributed by atoms with Crippen LogP contribution < -0.4 is 10.2 Å². The van der Waals surface area contributed by atoms with E-state index in [2.05, 4.69) is 56.4 Å². The van der Waals surface area contributed by atoms with Crippen molar-refractivity contribution >= 4 is 34.5 Å². The molecule has 34 heavy (non-hydrogen) atoms. The molecule has 1 aliphatic heterocycles. The first-order valence-electron chi connectivity index (χ1n) is 11.4. The molecule has 2 aromatic heterocycles. The van der Waals surface area contributed by atoms with Crippen molar-refractivity contribution in [3.63, 3.8) is 0 Å². The number of pyridine rings is 1. The SMILES string of the molecule is CN1CCN(c2ccc(C3(NC(=O)c4nc5c(s4)C(=O)c4ccncc4C5=O)CC3)cc2)CC1. The number of anilines is 1. The number of nitrogens with zero attached hydrogens (tertiary/aromatic N) is 4. The Labute approximate surface area is 200 Å². The average molecular weight is 474 g/mol. The van der Waals surface area contributed by atoms with E-state index in [0.717, 1.165) is 55.9 Å². The topological polar surface area (TPSA) is 95.5 Å². The van der Waals surface area contributed by atoms with Crippen molar-refractivity contribution in [1.82, 2.24) is 20.2 Å². The Kier molecular flexibility index (Phi) is 4.86. The minimum Gasteiger partial charge on any atom is -0.369 e. The maximum absolute atomic E-state index is 13.1. The molecule has 2 aliphatic carbocycles. The number of fused-ring (bicyclic) bond motifs is 2. The largest absolute Gasteiger partial charge is 0.369 e. The molecule has 0 bridgehead atoms. The summed E-state index contributed by atoms with van der Waals surface area (Å²) in [4.78, 5) is 51.9. The number of hydrogen-bond acceptors (Lipinski definition) is 8. The number of nitrogens with one attached hydrogen (secondary N) is 1. The molecule has 2 fully saturated rings. The molecule has 1 saturated heterocycles. The number of aromatic nitrogens is 2. The van der Waals surface area contributed by atoms with Crippen LogP contribution in [0.3, 0.4) is 0 Å². The second kappa shape index (κ2) is 7.82. The third-order valence-corrected chi connectivity index (χ3v) is 8.00. The van der Waals surface area contributed by atoms with Gasteiger partial charge in [0.05, 0.1) is 11.1 Å². The van der Waals surface area contributed by atoms with Gasteiger partial charge in [0, 0.05) is 49.8 Å². The van der Waals surface area contributed by atoms with Gasteiger partial charge >= 0.3 is 0 Å². The van der Waals surface area contributed by atoms with Gasteiger partial charge in [0.25, 0.3) is 5.91 Å². The lowest BCUT2D eigenvalue weighted by molar-refractivity contribution is 0.0929. The van der Waals surface area contributed by atoms with Crippen molar-refractivity contribution in [1.29, 1.82) is 0 Å². The smallest absolute Gasteiger partial charge is 0.281 e. The Morgan fingerprint density at radius 3 is 2.44 bits per heavy atom. The predicted molar refractivity (Wildman–Crippen MR) is 128 cm³/mol. The van der Waals surface area contributed by atoms with Crippen LogP contribution in [0.1, 0.15) is 59.5 Å². The first-order valence-corrected chi connectivity index (χ1v) is 12.2. The summed E-state index contributed by atoms with van der Waals surface area (Å²) in [5.41, 5.74) is 2.41. The van der Waals surface area contributed by atoms with Gasteiger partial charge in [-0.25, -0.2) is 4.98 Å². The van der Waals surface area contributed by atoms with Crippen LogP contribution in [0.15, 0.2) is 42.7 Å². The minimum atomic E-state index is -0.426. The van der Waals surface area contributed by atoms with E-state index in [1.165, 1.54) is 24.1 Å². The molecule has 8 nitrogen and oxygen atoms in total. The molecule has 0 unspecified atom stereocenters. The maximum Gasteiger partial charge on any atom is 0.281 e. The molecule has 0 radical (unpaired) electrons. The van der Waals surface area contributed by atoms with Crippen molar-refractivity contribution in [2.75, 3.05) is 38.1 Å². The second-order valence-corrected chi connectivity index (χ2v) is 10.1. The highest BCUT2D eigenvalue weighted by atomic mass is 32.1. The number of piperazine rings is 1. The van der Waals surface area contributed by atoms with Crippen LogP contribution in [0.2, 0.25) is 0 Å². The number of benzene rings is 1. The fourth-order valence-electron chi connectivity index (χ4n) is 4.69. The number of hydrogen-bond donors (Lipinski definition) is 1. The first-order chi connectivity index (χ1) is 16.4. The van der Waals surface area contributed by atoms with Crippen molar-refractivity contribution < 1.29 is 14.4 Å². The Balaban J connectivity index is 1.20. The minimum absolute atomic E-state index is 0.0435. The van der Waals surface area contributed by atoms with E-state index in [0.29, 0.717) is 5.56 Å². The zero-order valence-electron chi connectivity index (χ0n) is 18.7. The molecule has 1 N–H and O–H groups in total. The maximum atomic E-state index is 13.1. The Morgan fingerprint density at radius 2 is 1.74 bits per heavy atom. The van der Waals surface area contributed by atoms with Gasteiger partial charge in [-0.3, -0.25) is 19.4 Å². The summed E-state index contributed by atoms with van der Waals surface area (Å²) in [7, 11) is 2.14. The molecule has 9 heteroatoms. The molecule has 6 rings (SSSR count). The number of likely N-dealkylation sites (N-methyl/N-ethyl adjacent to an activating group) is 1. The highest BCUT2D eigenvalue weighted by Crippen LogP contribution is 2.46. The highest BCUT2D eigenvalue weighted by molar-refractivity contribution is 7.16. The van der Waals surface area contributed by atoms with E-state index in [1.54, 1.807) is 0 Å². The van der Waals surface area contributed by atoms with Crippen LogP contribution in [0, 0.1) is 0 Å². The second-order valence-electron chi connectivity index (χ2n) is 9.15. The number of carbonyl (C=O) groups is 3. The Morgan fingerprint density at radius 1 is 1.00 bits per heavy atom. The fraction of sp³-hybridized carbons (Fsp3) is 0.320. The van der Waals surface area contributed by atoms with Gasteiger partial charge in [-0.15, -0.1) is 11.3 Å². The molecule has 3 heterocycles. The lowest BCUT2D eigenvalue weighted by atomic mass is 9.93. The van der Waals surface area contributed by atoms with Gasteiger partial charge in [0.1, 0.15) is 10.6 Å². The molecule has 0 atom stereocenters. The van der Waals surface area contributed by atoms with Crippen LogP contribution in [0.25, 0.3) is 0 Å². The van der Waals surface area contributed by atoms with Crippen LogP contribution in [0.4, 0.5) is 5.69 Å². The summed E-state index contributed by atoms with van der Waals surface area (Å²) in [6, 6.07) is 9.95. The number of thiazole rings is 1. The standard InChI is InChI=1S/C25H23N5O3S/c1-29-10-12-30(13-11-29)16-4-2-15(3-5-16)25(7-8-25)28-23(33)24-27-19-20(31)18-14-26-9-6-17(18)21(32)22(19)34-24/h2-6,9,14H,7-8,10-13H2,1H3,(H,28,33). The van der Waals surface area contributed by atoms with E-state index >= 15 is 0 Å². The molecular formula is C25H23N5O3S. The van der Waals surface area contributed by atoms with Gasteiger partial charge < -0.3 is 15.1 Å². The van der Waals surface area contributed by atoms with E-state index in [9.17, 15) is 14.4 Å². The molecule has 1 saturated carbocycles. The zero-order chi connectivity index (χ0) is 23.4. The number of carbonyl (C=O) groups excluding carboxylic acids is 3. The van der Waals surface area contributed by atoms with Crippen molar-refractivity contribution in [3.8, 4) is 0 Å². The lowest BCUT2D eigenvalue weighted by Crippen LogP contribution is -2.44. The predicted octanol–water partition coefficient (Wildman–Crippen LogP) is 2.48. The van der Waals surface area contributed by atoms with Crippen molar-refractivity contribution in [2.45, 2.75) is 18.4 Å². The summed E-state index contributed by atoms with van der Waals surface area (Å²) in [6.07, 6.45) is 4.54. The van der Waals surface area contributed by atoms with Crippen molar-refractivity contribution in [3.05, 3.63) is 75.0 Å². The number of rotatable bonds is 4. The monoisotopic (exact) mass is 473 g/mol. The van der Waals surface area contributed by atoms with Crippen LogP contribution in [-0.2, 0) is 5.54 Å². The van der Waals surface area contributed by atoms with Crippen LogP contribution >= 0.6 is 11.3 Å². The van der Waals surface area contributed by atoms with E-state index in [4.69, 9.17) is 0 Å². The van der Waals surface area contributed by atoms with Crippen LogP contribution in [0.5, 0.6) is 0 Å². The molecule has 172 valence electrons. The Hall–Kier alpha value is -3.43. The quantitative estimate of drug-likeness (QED) is 0.487. The lowest BCUT2D eigenvalue weighted by Gasteiger charge is -2.34. The summed E-state index contributed by atoms with van der Waals surface area (Å²) in [5, 5.41) is 3.25. The van der Waals surface area contributed by atoms with Gasteiger partial charge in [-0.05, 0) is 43.7 Å². The van der Waals surface area contributed by atoms with Gasteiger partial charge in [-0.2, -0.15) is 0 Å². The molecule has 3 aliphatic rings. The van der Waals surface area contributed by atoms with Gasteiger partial charge in [0.15, 0.2) is 5.01 Å². The fourth-order valence-corrected chi connectivity index (χ4v) is 5.60. The third kappa shape index (κ3) is 3.43. The van der Waals surface area contributed by atoms with Gasteiger partial charge in [-0.1, -0.05) is 12.1 Å². The van der Waals surface area contributed by atoms with Gasteiger partial charge in [0.2, 0.25) is 11.6 Å². The molecule has 3 aromatic rings. The zero-order valence-corrected chi connectivity index (χ0v) is 19.5. The summed E-state index contributed by atoms with van der Waals surface area (Å²) in [6.45, 7) is 4.10. The normalized spacial score (nSPS) is 18.9.